The summed E-state index contributed by atoms with van der Waals surface area (Å²) in [5.74, 6) is -0.393. The fraction of sp³-hybridized carbons (Fsp3) is 0.660. The number of nitrogens with zero attached hydrogens (tertiary/aromatic N) is 2. The van der Waals surface area contributed by atoms with E-state index in [2.05, 4.69) is 92.8 Å². The predicted molar refractivity (Wildman–Crippen MR) is 225 cm³/mol. The fourth-order valence-electron chi connectivity index (χ4n) is 7.38. The monoisotopic (exact) mass is 716 g/mol. The second kappa shape index (κ2) is 25.8. The molecule has 0 bridgehead atoms. The average Bonchev–Trinajstić information content (AvgIpc) is 3.15. The summed E-state index contributed by atoms with van der Waals surface area (Å²) in [5, 5.41) is 12.6. The van der Waals surface area contributed by atoms with Crippen LogP contribution in [-0.4, -0.2) is 37.8 Å². The normalized spacial score (nSPS) is 13.0. The van der Waals surface area contributed by atoms with Crippen LogP contribution in [0.2, 0.25) is 0 Å². The third kappa shape index (κ3) is 15.1. The van der Waals surface area contributed by atoms with Crippen molar-refractivity contribution in [2.75, 3.05) is 31.6 Å². The molecule has 1 aliphatic heterocycles. The number of carboxylic acid groups (broad SMARTS) is 1. The molecular formula is C47H75N2O3+. The van der Waals surface area contributed by atoms with Gasteiger partial charge in [-0.15, -0.1) is 0 Å². The van der Waals surface area contributed by atoms with Crippen LogP contribution in [0.25, 0.3) is 22.3 Å². The molecule has 290 valence electrons. The SMILES string of the molecule is CCCCCCCCCCCCCCC/C=C/CC(Cc1c2ccc(=[N+](C)CCCC)cc-2oc2cc(N(CCCC)CCCC)ccc12)C(=O)O. The minimum absolute atomic E-state index is 0.474. The van der Waals surface area contributed by atoms with Gasteiger partial charge in [0.15, 0.2) is 0 Å². The Hall–Kier alpha value is -3.08. The highest BCUT2D eigenvalue weighted by Crippen LogP contribution is 2.36. The van der Waals surface area contributed by atoms with Gasteiger partial charge in [0.25, 0.3) is 0 Å². The number of benzene rings is 2. The van der Waals surface area contributed by atoms with Crippen LogP contribution in [-0.2, 0) is 11.2 Å². The zero-order valence-corrected chi connectivity index (χ0v) is 34.0. The molecule has 0 saturated heterocycles. The largest absolute Gasteiger partial charge is 0.481 e. The van der Waals surface area contributed by atoms with Crippen molar-refractivity contribution in [3.63, 3.8) is 0 Å². The van der Waals surface area contributed by atoms with E-state index in [1.54, 1.807) is 0 Å². The summed E-state index contributed by atoms with van der Waals surface area (Å²) >= 11 is 0. The third-order valence-corrected chi connectivity index (χ3v) is 10.9. The maximum atomic E-state index is 12.7. The van der Waals surface area contributed by atoms with Gasteiger partial charge in [-0.3, -0.25) is 4.79 Å². The molecule has 0 saturated carbocycles. The molecule has 5 nitrogen and oxygen atoms in total. The van der Waals surface area contributed by atoms with Crippen LogP contribution in [0.3, 0.4) is 0 Å². The van der Waals surface area contributed by atoms with Crippen LogP contribution in [0, 0.1) is 5.92 Å². The van der Waals surface area contributed by atoms with Crippen molar-refractivity contribution in [2.45, 2.75) is 169 Å². The number of aliphatic carboxylic acids is 1. The van der Waals surface area contributed by atoms with Gasteiger partial charge in [-0.1, -0.05) is 136 Å². The van der Waals surface area contributed by atoms with Gasteiger partial charge in [0.2, 0.25) is 5.36 Å². The number of hydrogen-bond acceptors (Lipinski definition) is 3. The van der Waals surface area contributed by atoms with E-state index in [1.165, 1.54) is 89.2 Å². The van der Waals surface area contributed by atoms with E-state index in [0.29, 0.717) is 12.8 Å². The first kappa shape index (κ1) is 43.3. The average molecular weight is 716 g/mol. The summed E-state index contributed by atoms with van der Waals surface area (Å²) < 4.78 is 8.99. The number of carbonyl (C=O) groups is 1. The van der Waals surface area contributed by atoms with Gasteiger partial charge in [-0.25, -0.2) is 4.58 Å². The molecule has 2 aliphatic rings. The number of fused-ring (bicyclic) bond motifs is 2. The van der Waals surface area contributed by atoms with Gasteiger partial charge < -0.3 is 14.4 Å². The van der Waals surface area contributed by atoms with E-state index in [-0.39, 0.29) is 0 Å². The van der Waals surface area contributed by atoms with Crippen molar-refractivity contribution in [1.29, 1.82) is 0 Å². The molecule has 1 N–H and O–H groups in total. The van der Waals surface area contributed by atoms with Crippen LogP contribution < -0.4 is 14.8 Å². The van der Waals surface area contributed by atoms with E-state index in [1.807, 2.05) is 0 Å². The Morgan fingerprint density at radius 1 is 0.731 bits per heavy atom. The molecule has 0 spiro atoms. The summed E-state index contributed by atoms with van der Waals surface area (Å²) in [4.78, 5) is 15.2. The van der Waals surface area contributed by atoms with Crippen molar-refractivity contribution >= 4 is 22.6 Å². The Balaban J connectivity index is 1.70. The molecule has 52 heavy (non-hydrogen) atoms. The number of allylic oxidation sites excluding steroid dienone is 2. The smallest absolute Gasteiger partial charge is 0.307 e. The first-order chi connectivity index (χ1) is 25.4. The van der Waals surface area contributed by atoms with Crippen molar-refractivity contribution in [3.8, 4) is 11.3 Å². The Bertz CT molecular complexity index is 1480. The Labute approximate surface area is 317 Å². The molecule has 0 radical (unpaired) electrons. The highest BCUT2D eigenvalue weighted by atomic mass is 16.4. The van der Waals surface area contributed by atoms with Crippen LogP contribution >= 0.6 is 0 Å². The molecule has 1 aromatic rings. The van der Waals surface area contributed by atoms with Crippen LogP contribution in [0.5, 0.6) is 0 Å². The molecule has 0 fully saturated rings. The van der Waals surface area contributed by atoms with Gasteiger partial charge in [-0.2, -0.15) is 0 Å². The van der Waals surface area contributed by atoms with E-state index >= 15 is 0 Å². The molecule has 1 aliphatic carbocycles. The van der Waals surface area contributed by atoms with Gasteiger partial charge in [0.1, 0.15) is 24.9 Å². The topological polar surface area (TPSA) is 56.7 Å². The lowest BCUT2D eigenvalue weighted by molar-refractivity contribution is -0.141. The van der Waals surface area contributed by atoms with E-state index < -0.39 is 11.9 Å². The Morgan fingerprint density at radius 3 is 1.92 bits per heavy atom. The maximum absolute atomic E-state index is 12.7. The molecule has 5 heteroatoms. The lowest BCUT2D eigenvalue weighted by atomic mass is 9.89. The summed E-state index contributed by atoms with van der Waals surface area (Å²) in [6, 6.07) is 13.1. The Kier molecular flexibility index (Phi) is 21.5. The maximum Gasteiger partial charge on any atom is 0.307 e. The predicted octanol–water partition coefficient (Wildman–Crippen LogP) is 12.8. The zero-order valence-electron chi connectivity index (χ0n) is 34.0. The van der Waals surface area contributed by atoms with Crippen molar-refractivity contribution in [2.24, 2.45) is 5.92 Å². The fourth-order valence-corrected chi connectivity index (χ4v) is 7.38. The van der Waals surface area contributed by atoms with E-state index in [0.717, 1.165) is 97.8 Å². The van der Waals surface area contributed by atoms with Crippen LogP contribution in [0.4, 0.5) is 5.69 Å². The molecular weight excluding hydrogens is 641 g/mol. The number of anilines is 1. The highest BCUT2D eigenvalue weighted by molar-refractivity contribution is 5.90. The molecule has 3 rings (SSSR count). The summed E-state index contributed by atoms with van der Waals surface area (Å²) in [5.41, 5.74) is 4.12. The minimum Gasteiger partial charge on any atom is -0.481 e. The standard InChI is InChI=1S/C47H74N2O3/c1-6-10-14-15-16-17-18-19-20-21-22-23-24-25-26-27-28-39(47(50)51)36-44-42-31-29-40(48(5)33-11-7-2)37-45(42)52-46-38-41(30-32-43(44)46)49(34-12-8-3)35-13-9-4/h26-27,29-32,37-39H,6-25,28,33-36H2,1-5H3/p+1/b27-26+. The summed E-state index contributed by atoms with van der Waals surface area (Å²) in [6.45, 7) is 12.0. The molecule has 1 aromatic carbocycles. The molecule has 1 unspecified atom stereocenters. The number of unbranched alkanes of at least 4 members (excludes halogenated alkanes) is 16. The van der Waals surface area contributed by atoms with Crippen LogP contribution in [0.1, 0.15) is 168 Å². The van der Waals surface area contributed by atoms with Crippen molar-refractivity contribution in [1.82, 2.24) is 4.58 Å². The van der Waals surface area contributed by atoms with E-state index in [4.69, 9.17) is 4.42 Å². The summed E-state index contributed by atoms with van der Waals surface area (Å²) in [7, 11) is 2.14. The van der Waals surface area contributed by atoms with Gasteiger partial charge in [0, 0.05) is 48.3 Å². The lowest BCUT2D eigenvalue weighted by Crippen LogP contribution is -2.27. The number of carboxylic acids is 1. The van der Waals surface area contributed by atoms with Gasteiger partial charge >= 0.3 is 5.97 Å². The molecule has 0 aromatic heterocycles. The first-order valence-electron chi connectivity index (χ1n) is 21.6. The first-order valence-corrected chi connectivity index (χ1v) is 21.6. The molecule has 0 amide bonds. The third-order valence-electron chi connectivity index (χ3n) is 10.9. The second-order valence-electron chi connectivity index (χ2n) is 15.4. The van der Waals surface area contributed by atoms with Crippen molar-refractivity contribution in [3.05, 3.63) is 59.5 Å². The molecule has 1 atom stereocenters. The lowest BCUT2D eigenvalue weighted by Gasteiger charge is -2.25. The number of rotatable bonds is 29. The van der Waals surface area contributed by atoms with E-state index in [9.17, 15) is 9.90 Å². The summed E-state index contributed by atoms with van der Waals surface area (Å²) in [6.07, 6.45) is 31.0. The zero-order chi connectivity index (χ0) is 37.4. The minimum atomic E-state index is -0.731. The highest BCUT2D eigenvalue weighted by Gasteiger charge is 2.24. The molecule has 1 heterocycles. The quantitative estimate of drug-likeness (QED) is 0.0336. The van der Waals surface area contributed by atoms with Gasteiger partial charge in [0.05, 0.1) is 12.0 Å². The number of hydrogen-bond donors (Lipinski definition) is 1. The Morgan fingerprint density at radius 2 is 1.33 bits per heavy atom. The van der Waals surface area contributed by atoms with Gasteiger partial charge in [-0.05, 0) is 62.3 Å². The van der Waals surface area contributed by atoms with Crippen molar-refractivity contribution < 1.29 is 14.3 Å². The van der Waals surface area contributed by atoms with Crippen LogP contribution in [0.15, 0.2) is 53.0 Å². The second-order valence-corrected chi connectivity index (χ2v) is 15.4.